The maximum atomic E-state index is 12.8. The third kappa shape index (κ3) is 4.18. The largest absolute Gasteiger partial charge is 0.321 e. The molecule has 0 bridgehead atoms. The molecule has 0 spiro atoms. The van der Waals surface area contributed by atoms with Crippen molar-refractivity contribution in [3.63, 3.8) is 0 Å². The third-order valence-corrected chi connectivity index (χ3v) is 7.08. The van der Waals surface area contributed by atoms with Gasteiger partial charge in [0.1, 0.15) is 5.37 Å². The van der Waals surface area contributed by atoms with Crippen LogP contribution in [0.5, 0.6) is 0 Å². The van der Waals surface area contributed by atoms with E-state index in [1.807, 2.05) is 70.2 Å². The molecule has 1 amide bonds. The first kappa shape index (κ1) is 20.1. The number of carbonyl (C=O) groups is 1. The molecule has 6 heteroatoms. The van der Waals surface area contributed by atoms with Crippen LogP contribution in [-0.2, 0) is 11.3 Å². The fourth-order valence-corrected chi connectivity index (χ4v) is 5.23. The van der Waals surface area contributed by atoms with Crippen molar-refractivity contribution in [2.45, 2.75) is 11.9 Å². The van der Waals surface area contributed by atoms with Crippen LogP contribution in [0, 0.1) is 0 Å². The number of amides is 1. The summed E-state index contributed by atoms with van der Waals surface area (Å²) in [6.07, 6.45) is 2.07. The van der Waals surface area contributed by atoms with E-state index < -0.39 is 0 Å². The summed E-state index contributed by atoms with van der Waals surface area (Å²) < 4.78 is 2.94. The van der Waals surface area contributed by atoms with Crippen LogP contribution in [0.3, 0.4) is 0 Å². The second-order valence-electron chi connectivity index (χ2n) is 7.39. The lowest BCUT2D eigenvalue weighted by Gasteiger charge is -2.24. The maximum Gasteiger partial charge on any atom is 0.234 e. The normalized spacial score (nSPS) is 16.1. The number of hydrogen-bond donors (Lipinski definition) is 0. The van der Waals surface area contributed by atoms with Gasteiger partial charge in [0.15, 0.2) is 0 Å². The van der Waals surface area contributed by atoms with Crippen LogP contribution in [0.15, 0.2) is 95.6 Å². The Morgan fingerprint density at radius 3 is 2.32 bits per heavy atom. The van der Waals surface area contributed by atoms with Crippen LogP contribution in [0.1, 0.15) is 16.5 Å². The zero-order valence-corrected chi connectivity index (χ0v) is 19.1. The first-order valence-electron chi connectivity index (χ1n) is 10.0. The second-order valence-corrected chi connectivity index (χ2v) is 9.37. The predicted molar refractivity (Wildman–Crippen MR) is 129 cm³/mol. The minimum absolute atomic E-state index is 0.0798. The quantitative estimate of drug-likeness (QED) is 0.341. The summed E-state index contributed by atoms with van der Waals surface area (Å²) in [7, 11) is 0. The summed E-state index contributed by atoms with van der Waals surface area (Å²) in [5.74, 6) is 0.640. The highest BCUT2D eigenvalue weighted by atomic mass is 79.9. The van der Waals surface area contributed by atoms with Gasteiger partial charge in [-0.3, -0.25) is 4.79 Å². The Balaban J connectivity index is 1.58. The number of carbonyl (C=O) groups excluding carboxylic acids is 1. The molecule has 4 aromatic rings. The summed E-state index contributed by atoms with van der Waals surface area (Å²) in [6.45, 7) is 0.591. The number of para-hydroxylation sites is 1. The topological polar surface area (TPSA) is 38.1 Å². The minimum atomic E-state index is -0.0798. The lowest BCUT2D eigenvalue weighted by molar-refractivity contribution is -0.128. The molecule has 1 fully saturated rings. The van der Waals surface area contributed by atoms with Crippen molar-refractivity contribution in [1.82, 2.24) is 14.7 Å². The molecule has 0 saturated carbocycles. The van der Waals surface area contributed by atoms with Crippen LogP contribution < -0.4 is 0 Å². The van der Waals surface area contributed by atoms with Crippen LogP contribution in [-0.4, -0.2) is 26.3 Å². The first-order valence-corrected chi connectivity index (χ1v) is 11.9. The van der Waals surface area contributed by atoms with Gasteiger partial charge in [-0.2, -0.15) is 5.10 Å². The highest BCUT2D eigenvalue weighted by Gasteiger charge is 2.35. The van der Waals surface area contributed by atoms with Crippen molar-refractivity contribution in [2.75, 3.05) is 5.75 Å². The van der Waals surface area contributed by atoms with Gasteiger partial charge in [0, 0.05) is 28.3 Å². The molecule has 4 nitrogen and oxygen atoms in total. The van der Waals surface area contributed by atoms with E-state index in [-0.39, 0.29) is 11.3 Å². The lowest BCUT2D eigenvalue weighted by Crippen LogP contribution is -2.27. The molecule has 0 aliphatic carbocycles. The van der Waals surface area contributed by atoms with Crippen molar-refractivity contribution in [3.8, 4) is 16.9 Å². The molecule has 0 unspecified atom stereocenters. The van der Waals surface area contributed by atoms with E-state index in [0.29, 0.717) is 12.3 Å². The molecule has 1 saturated heterocycles. The van der Waals surface area contributed by atoms with Crippen molar-refractivity contribution in [1.29, 1.82) is 0 Å². The SMILES string of the molecule is O=C1CS[C@H](c2cn(-c3ccccc3)nc2-c2ccc(Br)cc2)N1Cc1ccccc1. The molecule has 3 aromatic carbocycles. The average Bonchev–Trinajstić information content (AvgIpc) is 3.40. The number of benzene rings is 3. The average molecular weight is 490 g/mol. The Morgan fingerprint density at radius 1 is 0.935 bits per heavy atom. The number of rotatable bonds is 5. The number of hydrogen-bond acceptors (Lipinski definition) is 3. The Labute approximate surface area is 194 Å². The van der Waals surface area contributed by atoms with Crippen LogP contribution in [0.25, 0.3) is 16.9 Å². The van der Waals surface area contributed by atoms with Crippen molar-refractivity contribution in [3.05, 3.63) is 107 Å². The molecule has 1 aliphatic heterocycles. The van der Waals surface area contributed by atoms with Gasteiger partial charge in [0.25, 0.3) is 0 Å². The molecule has 1 aliphatic rings. The standard InChI is InChI=1S/C25H20BrN3OS/c26-20-13-11-19(12-14-20)24-22(16-29(27-24)21-9-5-2-6-10-21)25-28(23(30)17-31-25)15-18-7-3-1-4-8-18/h1-14,16,25H,15,17H2/t25-/m1/s1. The predicted octanol–water partition coefficient (Wildman–Crippen LogP) is 6.08. The molecule has 1 atom stereocenters. The van der Waals surface area contributed by atoms with Crippen molar-refractivity contribution in [2.24, 2.45) is 0 Å². The maximum absolute atomic E-state index is 12.8. The van der Waals surface area contributed by atoms with Gasteiger partial charge in [-0.15, -0.1) is 11.8 Å². The summed E-state index contributed by atoms with van der Waals surface area (Å²) in [5, 5.41) is 4.86. The van der Waals surface area contributed by atoms with Gasteiger partial charge >= 0.3 is 0 Å². The van der Waals surface area contributed by atoms with Crippen LogP contribution in [0.4, 0.5) is 0 Å². The van der Waals surface area contributed by atoms with Gasteiger partial charge in [0.05, 0.1) is 17.1 Å². The summed E-state index contributed by atoms with van der Waals surface area (Å²) in [6, 6.07) is 28.4. The molecule has 0 radical (unpaired) electrons. The Bertz CT molecular complexity index is 1190. The van der Waals surface area contributed by atoms with E-state index >= 15 is 0 Å². The summed E-state index contributed by atoms with van der Waals surface area (Å²) in [4.78, 5) is 14.8. The Hall–Kier alpha value is -2.83. The zero-order valence-electron chi connectivity index (χ0n) is 16.7. The van der Waals surface area contributed by atoms with Gasteiger partial charge in [-0.1, -0.05) is 76.6 Å². The Morgan fingerprint density at radius 2 is 1.61 bits per heavy atom. The summed E-state index contributed by atoms with van der Waals surface area (Å²) in [5.41, 5.74) is 5.12. The van der Waals surface area contributed by atoms with Gasteiger partial charge in [-0.05, 0) is 29.8 Å². The van der Waals surface area contributed by atoms with Crippen molar-refractivity contribution < 1.29 is 4.79 Å². The molecule has 31 heavy (non-hydrogen) atoms. The molecule has 1 aromatic heterocycles. The van der Waals surface area contributed by atoms with Gasteiger partial charge < -0.3 is 4.90 Å². The lowest BCUT2D eigenvalue weighted by atomic mass is 10.1. The number of nitrogens with zero attached hydrogens (tertiary/aromatic N) is 3. The minimum Gasteiger partial charge on any atom is -0.321 e. The monoisotopic (exact) mass is 489 g/mol. The van der Waals surface area contributed by atoms with Crippen molar-refractivity contribution >= 4 is 33.6 Å². The van der Waals surface area contributed by atoms with Gasteiger partial charge in [0.2, 0.25) is 5.91 Å². The molecular formula is C25H20BrN3OS. The summed E-state index contributed by atoms with van der Waals surface area (Å²) >= 11 is 5.18. The first-order chi connectivity index (χ1) is 15.2. The van der Waals surface area contributed by atoms with E-state index in [1.54, 1.807) is 11.8 Å². The Kier molecular flexibility index (Phi) is 5.66. The molecule has 0 N–H and O–H groups in total. The number of aromatic nitrogens is 2. The fourth-order valence-electron chi connectivity index (χ4n) is 3.78. The van der Waals surface area contributed by atoms with E-state index in [4.69, 9.17) is 5.10 Å². The van der Waals surface area contributed by atoms with Crippen LogP contribution in [0.2, 0.25) is 0 Å². The highest BCUT2D eigenvalue weighted by Crippen LogP contribution is 2.43. The molecule has 154 valence electrons. The second kappa shape index (κ2) is 8.73. The smallest absolute Gasteiger partial charge is 0.234 e. The third-order valence-electron chi connectivity index (χ3n) is 5.31. The number of thioether (sulfide) groups is 1. The molecular weight excluding hydrogens is 470 g/mol. The highest BCUT2D eigenvalue weighted by molar-refractivity contribution is 9.10. The molecule has 2 heterocycles. The fraction of sp³-hybridized carbons (Fsp3) is 0.120. The van der Waals surface area contributed by atoms with E-state index in [0.717, 1.165) is 32.5 Å². The van der Waals surface area contributed by atoms with E-state index in [2.05, 4.69) is 46.4 Å². The zero-order chi connectivity index (χ0) is 21.2. The van der Waals surface area contributed by atoms with E-state index in [9.17, 15) is 4.79 Å². The number of halogens is 1. The van der Waals surface area contributed by atoms with Gasteiger partial charge in [-0.25, -0.2) is 4.68 Å². The van der Waals surface area contributed by atoms with E-state index in [1.165, 1.54) is 0 Å². The molecule has 5 rings (SSSR count). The van der Waals surface area contributed by atoms with Crippen LogP contribution >= 0.6 is 27.7 Å².